The zero-order chi connectivity index (χ0) is 41.5. The van der Waals surface area contributed by atoms with Crippen molar-refractivity contribution in [2.45, 2.75) is 141 Å². The van der Waals surface area contributed by atoms with Crippen LogP contribution in [0.2, 0.25) is 0 Å². The summed E-state index contributed by atoms with van der Waals surface area (Å²) >= 11 is 0. The molecule has 0 atom stereocenters. The van der Waals surface area contributed by atoms with E-state index in [1.54, 1.807) is 0 Å². The molecule has 7 heteroatoms. The standard InChI is InChI=1S/C53H67N3O4/c1-2-3-4-6-15-38-59-48-33-29-46(30-34-48)55(42-17-10-8-11-18-42)44-25-21-40(22-26-44)50-52(57)51(53(50)58)41-23-27-45(28-24-41)56(43-19-12-9-13-20-43)47-31-35-49(36-32-47)60-39-16-7-5-14-37-54/h21-36,42-43H,2-20,37-39,54H2,1H3. The van der Waals surface area contributed by atoms with E-state index in [4.69, 9.17) is 15.2 Å². The number of hydrogen-bond acceptors (Lipinski definition) is 6. The predicted octanol–water partition coefficient (Wildman–Crippen LogP) is 11.6. The highest BCUT2D eigenvalue weighted by molar-refractivity contribution is 6.39. The van der Waals surface area contributed by atoms with Gasteiger partial charge >= 0.3 is 0 Å². The lowest BCUT2D eigenvalue weighted by atomic mass is 9.80. The van der Waals surface area contributed by atoms with Crippen LogP contribution in [0.5, 0.6) is 11.5 Å². The van der Waals surface area contributed by atoms with Crippen LogP contribution in [0.1, 0.15) is 134 Å². The summed E-state index contributed by atoms with van der Waals surface area (Å²) in [6, 6.07) is 25.8. The van der Waals surface area contributed by atoms with Crippen molar-refractivity contribution in [3.05, 3.63) is 120 Å². The summed E-state index contributed by atoms with van der Waals surface area (Å²) in [7, 11) is 0. The van der Waals surface area contributed by atoms with Crippen molar-refractivity contribution in [2.24, 2.45) is 5.73 Å². The van der Waals surface area contributed by atoms with Crippen molar-refractivity contribution in [3.63, 3.8) is 0 Å². The largest absolute Gasteiger partial charge is 0.871 e. The molecule has 0 amide bonds. The lowest BCUT2D eigenvalue weighted by molar-refractivity contribution is -0.488. The second-order valence-corrected chi connectivity index (χ2v) is 17.1. The Morgan fingerprint density at radius 1 is 0.633 bits per heavy atom. The van der Waals surface area contributed by atoms with Gasteiger partial charge in [0.2, 0.25) is 11.4 Å². The molecule has 0 heterocycles. The quantitative estimate of drug-likeness (QED) is 0.0694. The first-order valence-corrected chi connectivity index (χ1v) is 23.3. The Labute approximate surface area is 359 Å². The van der Waals surface area contributed by atoms with E-state index in [1.165, 1.54) is 64.2 Å². The molecule has 3 aromatic carbocycles. The molecule has 0 spiro atoms. The van der Waals surface area contributed by atoms with Gasteiger partial charge in [-0.2, -0.15) is 4.58 Å². The molecule has 7 nitrogen and oxygen atoms in total. The van der Waals surface area contributed by atoms with Crippen LogP contribution in [-0.4, -0.2) is 47.9 Å². The number of benzene rings is 3. The fourth-order valence-electron chi connectivity index (χ4n) is 9.41. The van der Waals surface area contributed by atoms with Gasteiger partial charge in [-0.3, -0.25) is 4.79 Å². The fourth-order valence-corrected chi connectivity index (χ4v) is 9.41. The number of hydrogen-bond donors (Lipinski definition) is 1. The molecule has 4 aliphatic carbocycles. The molecule has 0 aromatic heterocycles. The Hall–Kier alpha value is -4.88. The number of ketones is 1. The third-order valence-electron chi connectivity index (χ3n) is 12.8. The number of ether oxygens (including phenoxy) is 2. The number of unbranched alkanes of at least 4 members (excludes halogenated alkanes) is 7. The summed E-state index contributed by atoms with van der Waals surface area (Å²) < 4.78 is 14.6. The highest BCUT2D eigenvalue weighted by Crippen LogP contribution is 2.40. The third-order valence-corrected chi connectivity index (χ3v) is 12.8. The van der Waals surface area contributed by atoms with Crippen molar-refractivity contribution >= 4 is 34.1 Å². The Morgan fingerprint density at radius 3 is 1.73 bits per heavy atom. The number of allylic oxidation sites excluding steroid dienone is 7. The molecule has 0 saturated heterocycles. The maximum absolute atomic E-state index is 13.7. The number of rotatable bonds is 20. The van der Waals surface area contributed by atoms with E-state index in [1.807, 2.05) is 24.3 Å². The smallest absolute Gasteiger partial charge is 0.206 e. The van der Waals surface area contributed by atoms with Gasteiger partial charge in [0.1, 0.15) is 11.5 Å². The predicted molar refractivity (Wildman–Crippen MR) is 245 cm³/mol. The van der Waals surface area contributed by atoms with E-state index in [0.717, 1.165) is 105 Å². The number of Topliss-reactive ketones (excluding diaryl/α,β-unsaturated/α-hetero) is 1. The molecule has 0 aliphatic heterocycles. The summed E-state index contributed by atoms with van der Waals surface area (Å²) in [5, 5.41) is 13.7. The Morgan fingerprint density at radius 2 is 1.17 bits per heavy atom. The molecule has 2 N–H and O–H groups in total. The van der Waals surface area contributed by atoms with Gasteiger partial charge in [0.25, 0.3) is 0 Å². The van der Waals surface area contributed by atoms with Crippen LogP contribution in [0.4, 0.5) is 17.1 Å². The Bertz CT molecular complexity index is 1990. The van der Waals surface area contributed by atoms with Gasteiger partial charge in [-0.05, 0) is 123 Å². The van der Waals surface area contributed by atoms with Crippen molar-refractivity contribution in [1.29, 1.82) is 0 Å². The zero-order valence-electron chi connectivity index (χ0n) is 36.1. The number of anilines is 2. The minimum absolute atomic E-state index is 0.176. The lowest BCUT2D eigenvalue weighted by Gasteiger charge is -2.37. The van der Waals surface area contributed by atoms with Gasteiger partial charge in [-0.25, -0.2) is 0 Å². The minimum Gasteiger partial charge on any atom is -0.871 e. The second-order valence-electron chi connectivity index (χ2n) is 17.1. The van der Waals surface area contributed by atoms with Gasteiger partial charge in [0.15, 0.2) is 11.8 Å². The molecule has 3 aromatic rings. The van der Waals surface area contributed by atoms with Crippen molar-refractivity contribution in [1.82, 2.24) is 0 Å². The summed E-state index contributed by atoms with van der Waals surface area (Å²) in [5.41, 5.74) is 12.0. The highest BCUT2D eigenvalue weighted by Gasteiger charge is 2.33. The number of nitrogens with two attached hydrogens (primary N) is 1. The van der Waals surface area contributed by atoms with Crippen molar-refractivity contribution < 1.29 is 24.0 Å². The first-order chi connectivity index (χ1) is 29.6. The maximum Gasteiger partial charge on any atom is 0.206 e. The first kappa shape index (κ1) is 43.2. The molecular formula is C53H67N3O4. The highest BCUT2D eigenvalue weighted by atomic mass is 16.5. The van der Waals surface area contributed by atoms with Gasteiger partial charge < -0.3 is 25.2 Å². The van der Waals surface area contributed by atoms with E-state index in [-0.39, 0.29) is 22.7 Å². The first-order valence-electron chi connectivity index (χ1n) is 23.3. The van der Waals surface area contributed by atoms with E-state index in [9.17, 15) is 9.90 Å². The third kappa shape index (κ3) is 10.9. The fraction of sp³-hybridized carbons (Fsp3) is 0.472. The molecule has 4 aliphatic rings. The molecule has 0 bridgehead atoms. The van der Waals surface area contributed by atoms with E-state index >= 15 is 0 Å². The average molecular weight is 810 g/mol. The zero-order valence-corrected chi connectivity index (χ0v) is 36.1. The van der Waals surface area contributed by atoms with Crippen LogP contribution in [0.3, 0.4) is 0 Å². The van der Waals surface area contributed by atoms with Gasteiger partial charge in [0, 0.05) is 65.7 Å². The van der Waals surface area contributed by atoms with E-state index < -0.39 is 0 Å². The maximum atomic E-state index is 13.7. The molecule has 2 fully saturated rings. The van der Waals surface area contributed by atoms with Crippen LogP contribution in [-0.2, 0) is 4.79 Å². The van der Waals surface area contributed by atoms with Gasteiger partial charge in [-0.15, -0.1) is 0 Å². The van der Waals surface area contributed by atoms with Crippen molar-refractivity contribution in [3.8, 4) is 11.5 Å². The Kier molecular flexibility index (Phi) is 15.9. The SMILES string of the molecule is CCCCCCCOc1ccc(N(c2ccc(C3=C([O-])C(=C4C=CC(=[N+](c5ccc(OCCCCCCN)cc5)C5CCCCC5)C=C4)C3=O)cc2)C2CCCCC2)cc1. The molecule has 7 rings (SSSR count). The summed E-state index contributed by atoms with van der Waals surface area (Å²) in [6.07, 6.45) is 30.5. The summed E-state index contributed by atoms with van der Waals surface area (Å²) in [4.78, 5) is 16.2. The molecular weight excluding hydrogens is 743 g/mol. The number of carbonyl (C=O) groups excluding carboxylic acids is 1. The Balaban J connectivity index is 1.05. The van der Waals surface area contributed by atoms with Gasteiger partial charge in [-0.1, -0.05) is 89.0 Å². The van der Waals surface area contributed by atoms with Crippen LogP contribution < -0.4 is 25.2 Å². The van der Waals surface area contributed by atoms with E-state index in [0.29, 0.717) is 29.8 Å². The van der Waals surface area contributed by atoms with Crippen LogP contribution >= 0.6 is 0 Å². The van der Waals surface area contributed by atoms with Gasteiger partial charge in [0.05, 0.1) is 13.2 Å². The van der Waals surface area contributed by atoms with Crippen LogP contribution in [0.15, 0.2) is 114 Å². The van der Waals surface area contributed by atoms with E-state index in [2.05, 4.69) is 89.2 Å². The normalized spacial score (nSPS) is 17.3. The molecule has 2 saturated carbocycles. The molecule has 318 valence electrons. The topological polar surface area (TPSA) is 90.9 Å². The summed E-state index contributed by atoms with van der Waals surface area (Å²) in [6.45, 7) is 4.45. The van der Waals surface area contributed by atoms with Crippen LogP contribution in [0.25, 0.3) is 5.57 Å². The number of nitrogens with zero attached hydrogens (tertiary/aromatic N) is 2. The minimum atomic E-state index is -0.176. The lowest BCUT2D eigenvalue weighted by Crippen LogP contribution is -2.33. The number of carbonyl (C=O) groups is 1. The second kappa shape index (κ2) is 22.1. The molecule has 60 heavy (non-hydrogen) atoms. The summed E-state index contributed by atoms with van der Waals surface area (Å²) in [5.74, 6) is 1.44. The monoisotopic (exact) mass is 810 g/mol. The van der Waals surface area contributed by atoms with Crippen molar-refractivity contribution in [2.75, 3.05) is 24.7 Å². The van der Waals surface area contributed by atoms with Crippen LogP contribution in [0, 0.1) is 0 Å². The molecule has 0 unspecified atom stereocenters. The molecule has 0 radical (unpaired) electrons. The average Bonchev–Trinajstić information content (AvgIpc) is 3.29.